The zero-order valence-corrected chi connectivity index (χ0v) is 15.8. The molecule has 4 nitrogen and oxygen atoms in total. The van der Waals surface area contributed by atoms with Gasteiger partial charge in [0.2, 0.25) is 0 Å². The van der Waals surface area contributed by atoms with Crippen molar-refractivity contribution in [3.63, 3.8) is 0 Å². The lowest BCUT2D eigenvalue weighted by Crippen LogP contribution is -2.13. The Bertz CT molecular complexity index is 940. The highest BCUT2D eigenvalue weighted by atomic mass is 16.5. The van der Waals surface area contributed by atoms with Crippen LogP contribution in [0.5, 0.6) is 5.75 Å². The fraction of sp³-hybridized carbons (Fsp3) is 0.318. The number of anilines is 1. The van der Waals surface area contributed by atoms with Gasteiger partial charge in [-0.3, -0.25) is 4.79 Å². The predicted octanol–water partition coefficient (Wildman–Crippen LogP) is 5.79. The molecule has 136 valence electrons. The molecule has 1 heterocycles. The van der Waals surface area contributed by atoms with Gasteiger partial charge >= 0.3 is 0 Å². The first-order chi connectivity index (χ1) is 12.5. The summed E-state index contributed by atoms with van der Waals surface area (Å²) in [5.74, 6) is 1.20. The van der Waals surface area contributed by atoms with Crippen LogP contribution in [-0.4, -0.2) is 12.5 Å². The van der Waals surface area contributed by atoms with E-state index in [9.17, 15) is 4.79 Å². The van der Waals surface area contributed by atoms with Crippen molar-refractivity contribution in [1.82, 2.24) is 0 Å². The lowest BCUT2D eigenvalue weighted by molar-refractivity contribution is 0.102. The maximum atomic E-state index is 12.9. The van der Waals surface area contributed by atoms with Crippen molar-refractivity contribution in [2.75, 3.05) is 11.9 Å². The zero-order valence-electron chi connectivity index (χ0n) is 15.8. The van der Waals surface area contributed by atoms with Crippen molar-refractivity contribution < 1.29 is 13.9 Å². The summed E-state index contributed by atoms with van der Waals surface area (Å²) < 4.78 is 11.6. The third-order valence-corrected chi connectivity index (χ3v) is 4.47. The van der Waals surface area contributed by atoms with E-state index >= 15 is 0 Å². The molecule has 0 aliphatic carbocycles. The molecule has 0 radical (unpaired) electrons. The molecule has 1 amide bonds. The van der Waals surface area contributed by atoms with Gasteiger partial charge in [-0.15, -0.1) is 0 Å². The molecule has 0 atom stereocenters. The van der Waals surface area contributed by atoms with Crippen LogP contribution in [0.1, 0.15) is 47.0 Å². The summed E-state index contributed by atoms with van der Waals surface area (Å²) in [5, 5.41) is 3.80. The van der Waals surface area contributed by atoms with E-state index in [2.05, 4.69) is 12.2 Å². The summed E-state index contributed by atoms with van der Waals surface area (Å²) in [4.78, 5) is 12.9. The van der Waals surface area contributed by atoms with Gasteiger partial charge in [-0.1, -0.05) is 25.5 Å². The SMILES string of the molecule is CCCCOc1ccc2oc(C)c(C(=O)Nc3cc(C)ccc3C)c2c1. The van der Waals surface area contributed by atoms with Crippen LogP contribution in [0.25, 0.3) is 11.0 Å². The number of benzene rings is 2. The van der Waals surface area contributed by atoms with Gasteiger partial charge in [-0.2, -0.15) is 0 Å². The van der Waals surface area contributed by atoms with Crippen LogP contribution in [0.4, 0.5) is 5.69 Å². The number of nitrogens with one attached hydrogen (secondary N) is 1. The topological polar surface area (TPSA) is 51.5 Å². The van der Waals surface area contributed by atoms with Crippen LogP contribution >= 0.6 is 0 Å². The molecule has 1 N–H and O–H groups in total. The maximum absolute atomic E-state index is 12.9. The number of hydrogen-bond acceptors (Lipinski definition) is 3. The van der Waals surface area contributed by atoms with E-state index in [0.29, 0.717) is 23.5 Å². The summed E-state index contributed by atoms with van der Waals surface area (Å²) in [6.07, 6.45) is 2.08. The molecule has 1 aromatic heterocycles. The molecule has 2 aromatic carbocycles. The second kappa shape index (κ2) is 7.65. The van der Waals surface area contributed by atoms with Gasteiger partial charge in [0.1, 0.15) is 17.1 Å². The predicted molar refractivity (Wildman–Crippen MR) is 105 cm³/mol. The van der Waals surface area contributed by atoms with Gasteiger partial charge in [0.25, 0.3) is 5.91 Å². The Morgan fingerprint density at radius 2 is 1.92 bits per heavy atom. The standard InChI is InChI=1S/C22H25NO3/c1-5-6-11-25-17-9-10-20-18(13-17)21(16(4)26-20)22(24)23-19-12-14(2)7-8-15(19)3/h7-10,12-13H,5-6,11H2,1-4H3,(H,23,24). The Morgan fingerprint density at radius 1 is 1.12 bits per heavy atom. The Kier molecular flexibility index (Phi) is 5.31. The third-order valence-electron chi connectivity index (χ3n) is 4.47. The summed E-state index contributed by atoms with van der Waals surface area (Å²) in [7, 11) is 0. The van der Waals surface area contributed by atoms with Crippen molar-refractivity contribution in [3.05, 3.63) is 58.8 Å². The van der Waals surface area contributed by atoms with Crippen molar-refractivity contribution in [3.8, 4) is 5.75 Å². The first-order valence-electron chi connectivity index (χ1n) is 9.04. The van der Waals surface area contributed by atoms with Gasteiger partial charge in [-0.05, 0) is 62.6 Å². The van der Waals surface area contributed by atoms with Crippen LogP contribution in [0.2, 0.25) is 0 Å². The summed E-state index contributed by atoms with van der Waals surface area (Å²) in [5.41, 5.74) is 4.20. The smallest absolute Gasteiger partial charge is 0.259 e. The molecule has 0 aliphatic rings. The zero-order chi connectivity index (χ0) is 18.7. The first-order valence-corrected chi connectivity index (χ1v) is 9.04. The van der Waals surface area contributed by atoms with E-state index in [1.807, 2.05) is 57.2 Å². The van der Waals surface area contributed by atoms with E-state index in [1.165, 1.54) is 0 Å². The van der Waals surface area contributed by atoms with Crippen molar-refractivity contribution in [2.24, 2.45) is 0 Å². The molecule has 3 aromatic rings. The van der Waals surface area contributed by atoms with Gasteiger partial charge in [0.15, 0.2) is 0 Å². The van der Waals surface area contributed by atoms with E-state index in [0.717, 1.165) is 40.8 Å². The number of ether oxygens (including phenoxy) is 1. The Labute approximate surface area is 154 Å². The largest absolute Gasteiger partial charge is 0.494 e. The number of unbranched alkanes of at least 4 members (excludes halogenated alkanes) is 1. The molecular weight excluding hydrogens is 326 g/mol. The Hall–Kier alpha value is -2.75. The average molecular weight is 351 g/mol. The van der Waals surface area contributed by atoms with Gasteiger partial charge < -0.3 is 14.5 Å². The van der Waals surface area contributed by atoms with Crippen LogP contribution < -0.4 is 10.1 Å². The van der Waals surface area contributed by atoms with E-state index in [-0.39, 0.29) is 5.91 Å². The molecule has 0 fully saturated rings. The number of rotatable bonds is 6. The summed E-state index contributed by atoms with van der Waals surface area (Å²) in [6.45, 7) is 8.60. The minimum atomic E-state index is -0.166. The van der Waals surface area contributed by atoms with Crippen LogP contribution in [0.15, 0.2) is 40.8 Å². The van der Waals surface area contributed by atoms with E-state index in [1.54, 1.807) is 0 Å². The third kappa shape index (κ3) is 3.74. The normalized spacial score (nSPS) is 10.9. The lowest BCUT2D eigenvalue weighted by Gasteiger charge is -2.09. The molecule has 4 heteroatoms. The van der Waals surface area contributed by atoms with Crippen LogP contribution in [-0.2, 0) is 0 Å². The van der Waals surface area contributed by atoms with Crippen molar-refractivity contribution in [2.45, 2.75) is 40.5 Å². The molecule has 0 saturated carbocycles. The second-order valence-electron chi connectivity index (χ2n) is 6.67. The minimum absolute atomic E-state index is 0.166. The highest BCUT2D eigenvalue weighted by molar-refractivity contribution is 6.13. The lowest BCUT2D eigenvalue weighted by atomic mass is 10.1. The van der Waals surface area contributed by atoms with Gasteiger partial charge in [-0.25, -0.2) is 0 Å². The number of furan rings is 1. The van der Waals surface area contributed by atoms with Crippen LogP contribution in [0.3, 0.4) is 0 Å². The number of carbonyl (C=O) groups excluding carboxylic acids is 1. The molecule has 0 bridgehead atoms. The molecule has 3 rings (SSSR count). The number of carbonyl (C=O) groups is 1. The molecular formula is C22H25NO3. The number of aryl methyl sites for hydroxylation is 3. The Balaban J connectivity index is 1.92. The highest BCUT2D eigenvalue weighted by Gasteiger charge is 2.19. The molecule has 0 unspecified atom stereocenters. The fourth-order valence-corrected chi connectivity index (χ4v) is 2.96. The highest BCUT2D eigenvalue weighted by Crippen LogP contribution is 2.30. The second-order valence-corrected chi connectivity index (χ2v) is 6.67. The summed E-state index contributed by atoms with van der Waals surface area (Å²) in [6, 6.07) is 11.6. The molecule has 0 aliphatic heterocycles. The quantitative estimate of drug-likeness (QED) is 0.572. The maximum Gasteiger partial charge on any atom is 0.259 e. The first kappa shape index (κ1) is 18.1. The van der Waals surface area contributed by atoms with Crippen molar-refractivity contribution >= 4 is 22.6 Å². The van der Waals surface area contributed by atoms with E-state index < -0.39 is 0 Å². The number of fused-ring (bicyclic) bond motifs is 1. The van der Waals surface area contributed by atoms with Crippen LogP contribution in [0, 0.1) is 20.8 Å². The molecule has 0 spiro atoms. The fourth-order valence-electron chi connectivity index (χ4n) is 2.96. The van der Waals surface area contributed by atoms with E-state index in [4.69, 9.17) is 9.15 Å². The van der Waals surface area contributed by atoms with Gasteiger partial charge in [0.05, 0.1) is 12.2 Å². The number of amides is 1. The molecule has 26 heavy (non-hydrogen) atoms. The Morgan fingerprint density at radius 3 is 2.69 bits per heavy atom. The average Bonchev–Trinajstić information content (AvgIpc) is 2.93. The van der Waals surface area contributed by atoms with Gasteiger partial charge in [0, 0.05) is 11.1 Å². The monoisotopic (exact) mass is 351 g/mol. The summed E-state index contributed by atoms with van der Waals surface area (Å²) >= 11 is 0. The van der Waals surface area contributed by atoms with Crippen molar-refractivity contribution in [1.29, 1.82) is 0 Å². The number of hydrogen-bond donors (Lipinski definition) is 1. The minimum Gasteiger partial charge on any atom is -0.494 e. The molecule has 0 saturated heterocycles.